The number of fused-ring (bicyclic) bond motifs is 15. The Kier molecular flexibility index (Phi) is 37.7. The second kappa shape index (κ2) is 40.3. The van der Waals surface area contributed by atoms with Gasteiger partial charge in [0, 0.05) is 341 Å². The predicted octanol–water partition coefficient (Wildman–Crippen LogP) is 5.56. The van der Waals surface area contributed by atoms with Crippen molar-refractivity contribution in [3.05, 3.63) is 141 Å². The topological polar surface area (TPSA) is 421 Å². The molecule has 19 unspecified atom stereocenters. The minimum Gasteiger partial charge on any atom is -0.455 e. The van der Waals surface area contributed by atoms with Crippen molar-refractivity contribution in [3.8, 4) is 0 Å². The van der Waals surface area contributed by atoms with Crippen LogP contribution in [0.1, 0.15) is 159 Å². The van der Waals surface area contributed by atoms with Crippen LogP contribution in [-0.4, -0.2) is 250 Å². The van der Waals surface area contributed by atoms with Gasteiger partial charge in [-0.2, -0.15) is 0 Å². The molecule has 9 fully saturated rings. The van der Waals surface area contributed by atoms with Crippen LogP contribution in [0, 0.1) is 321 Å². The van der Waals surface area contributed by atoms with Gasteiger partial charge >= 0.3 is 17.9 Å². The van der Waals surface area contributed by atoms with Gasteiger partial charge in [0.25, 0.3) is 0 Å². The van der Waals surface area contributed by atoms with Gasteiger partial charge in [-0.3, -0.25) is 14.4 Å². The van der Waals surface area contributed by atoms with Crippen LogP contribution in [0.2, 0.25) is 0 Å². The van der Waals surface area contributed by atoms with E-state index in [0.29, 0.717) is 27.3 Å². The molecule has 118 heavy (non-hydrogen) atoms. The molecule has 0 aromatic heterocycles. The third-order valence-electron chi connectivity index (χ3n) is 29.3. The van der Waals surface area contributed by atoms with E-state index in [1.165, 1.54) is 18.7 Å². The van der Waals surface area contributed by atoms with Crippen LogP contribution in [0.5, 0.6) is 0 Å². The van der Waals surface area contributed by atoms with E-state index in [-0.39, 0.29) is 356 Å². The maximum atomic E-state index is 14.5. The van der Waals surface area contributed by atoms with Crippen molar-refractivity contribution >= 4 is 86.0 Å². The predicted molar refractivity (Wildman–Crippen MR) is 419 cm³/mol. The van der Waals surface area contributed by atoms with Gasteiger partial charge < -0.3 is 94.8 Å². The number of esters is 3. The monoisotopic (exact) mass is 3070 g/mol. The van der Waals surface area contributed by atoms with Crippen LogP contribution in [-0.2, 0) is 42.8 Å². The first kappa shape index (κ1) is 110. The zero-order valence-corrected chi connectivity index (χ0v) is 101. The van der Waals surface area contributed by atoms with Crippen LogP contribution < -0.4 is 0 Å². The molecule has 3 aliphatic heterocycles. The molecule has 0 amide bonds. The number of aliphatic hydroxyl groups excluding tert-OH is 7. The van der Waals surface area contributed by atoms with E-state index in [2.05, 4.69) is 22.6 Å². The molecule has 630 valence electrons. The molecule has 25 nitrogen and oxygen atoms in total. The van der Waals surface area contributed by atoms with E-state index < -0.39 is 204 Å². The number of carbonyl (C=O) groups excluding carboxylic acids is 6. The molecule has 12 aliphatic rings. The summed E-state index contributed by atoms with van der Waals surface area (Å²) >= 11 is 9.17. The Labute approximate surface area is 927 Å². The number of alkyl halides is 1. The molecule has 26 atom stereocenters. The first-order chi connectivity index (χ1) is 52.2. The molecule has 0 spiro atoms. The zero-order chi connectivity index (χ0) is 82.7. The molecule has 34 heteroatoms. The summed E-state index contributed by atoms with van der Waals surface area (Å²) in [7, 11) is 0. The summed E-state index contributed by atoms with van der Waals surface area (Å²) in [4.78, 5) is 84.8. The van der Waals surface area contributed by atoms with Crippen LogP contribution in [0.15, 0.2) is 124 Å². The fraction of sp³-hybridized carbons (Fsp3) is 0.631. The zero-order valence-electron chi connectivity index (χ0n) is 68.9. The van der Waals surface area contributed by atoms with Crippen molar-refractivity contribution < 1.29 is 388 Å². The van der Waals surface area contributed by atoms with Crippen LogP contribution in [0.3, 0.4) is 0 Å². The molecular weight excluding hydrogens is 2960 g/mol. The Hall–Kier alpha value is 3.48. The van der Waals surface area contributed by atoms with Crippen molar-refractivity contribution in [2.24, 2.45) is 56.2 Å². The van der Waals surface area contributed by atoms with E-state index >= 15 is 0 Å². The first-order valence-electron chi connectivity index (χ1n) is 38.1. The van der Waals surface area contributed by atoms with Gasteiger partial charge in [-0.05, 0) is 128 Å². The fourth-order valence-electron chi connectivity index (χ4n) is 22.3. The number of ether oxygens (including phenoxy) is 6. The van der Waals surface area contributed by atoms with Crippen molar-refractivity contribution in [1.82, 2.24) is 0 Å². The second-order valence-electron chi connectivity index (χ2n) is 35.4. The molecule has 6 bridgehead atoms. The van der Waals surface area contributed by atoms with Gasteiger partial charge in [-0.25, -0.2) is 14.4 Å². The number of hydrogen-bond donors (Lipinski definition) is 13. The summed E-state index contributed by atoms with van der Waals surface area (Å²) in [5, 5.41) is 152. The number of hydrogen-bond acceptors (Lipinski definition) is 27. The van der Waals surface area contributed by atoms with E-state index in [1.807, 2.05) is 4.93 Å². The molecule has 3 saturated heterocycles. The van der Waals surface area contributed by atoms with Gasteiger partial charge in [-0.1, -0.05) is 145 Å². The Morgan fingerprint density at radius 1 is 0.441 bits per heavy atom. The minimum absolute atomic E-state index is 0. The van der Waals surface area contributed by atoms with Gasteiger partial charge in [0.15, 0.2) is 17.3 Å². The molecule has 13 N–H and O–H groups in total. The standard InChI is InChI=1S/C29H36O8S2.C27H34O9.C27H34O8.CH3I.6Ac/c1-14-17(30)12-29(35)23(37-24(33)15-9-7-6-8-10-15)21-27(4,22(32)20(31)19(14)26(29,2)3)16(25(38)39-5)11-18-28(21,34)13-36-18;1-13-15(28)11-27(34)22(36-23(32)14-8-6-5-7-9-14)20-25(4,16(29)10-17-26(20,33)12-35-17)21(31)19(30)18(13)24(27,2)3;1-14-16(28)12-27(33)22(35-23(31)15-8-6-5-7-9-15)20-25(4,11-10-17-26(20,32)13-34-17)21(30)19(29)18(14)24(27,2)3;1-2;;;;;;/h6-10,16-18,20-21,23,30-31,34-35H,11-13H2,1-5H3;5-9,15-17,19-20,22,28-30,33-34H,10-12H2,1-4H3;5-9,16-17,19-20,22,28-29,32-33H,10-13H2,1-4H3;1H3;;;;;;/t16-,17?,18?,20?,21?,23?,27-,28+,29?;15?,16?,17?,19?,20?,22?,25-,26+,27?;16?,17?,19?,20?,22?,25-,26+,27?;;;;;;;/m111......./s1. The minimum atomic E-state index is -2.02. The third-order valence-corrected chi connectivity index (χ3v) is 30.8. The average molecular weight is 3070 g/mol. The van der Waals surface area contributed by atoms with Crippen molar-refractivity contribution in [1.29, 1.82) is 0 Å². The SMILES string of the molecule is CC1=C2C(O)C(=O)[C@]3(C)C(O)CC4OC[C@@]4(O)C3C(OC(=O)c3ccccc3)C(O)(CC1O)C2(C)C.CC1=C2C(O)C(=O)[C@]3(C)CCC4OC[C@@]4(O)C3C(OC(=O)c3ccccc3)C(O)(CC1O)C2(C)C.CI.CSC(=S)[C@H]1CC2OC[C@@]2(O)C2C(OC(=O)c3ccccc3)C3(O)CC(O)C(C)=C(C(O)C(=O)[C@@]21C)C3(C)C.[Ac].[Ac].[Ac].[Ac].[Ac].[Ac]. The molecule has 3 heterocycles. The van der Waals surface area contributed by atoms with Gasteiger partial charge in [0.1, 0.15) is 70.2 Å². The summed E-state index contributed by atoms with van der Waals surface area (Å²) in [5.41, 5.74) is -17.0. The first-order valence-corrected chi connectivity index (χ1v) is 41.9. The maximum absolute atomic E-state index is 14.5. The third kappa shape index (κ3) is 17.3. The number of Topliss-reactive ketones (excluding diaryl/α,β-unsaturated/α-hetero) is 3. The normalized spacial score (nSPS) is 41.3. The van der Waals surface area contributed by atoms with Gasteiger partial charge in [0.2, 0.25) is 0 Å². The Morgan fingerprint density at radius 2 is 0.729 bits per heavy atom. The summed E-state index contributed by atoms with van der Waals surface area (Å²) < 4.78 is 35.7. The van der Waals surface area contributed by atoms with Crippen LogP contribution in [0.25, 0.3) is 0 Å². The Balaban J connectivity index is 0.000000265. The molecule has 3 aromatic rings. The van der Waals surface area contributed by atoms with Crippen LogP contribution >= 0.6 is 46.6 Å². The molecule has 9 aliphatic carbocycles. The number of ketones is 3. The number of aliphatic hydroxyl groups is 13. The number of thiocarbonyl (C=S) groups is 1. The summed E-state index contributed by atoms with van der Waals surface area (Å²) in [5.74, 6) is -8.32. The number of rotatable bonds is 7. The molecule has 6 saturated carbocycles. The van der Waals surface area contributed by atoms with E-state index in [4.69, 9.17) is 40.6 Å². The number of halogens is 1. The maximum Gasteiger partial charge on any atom is 0.338 e. The van der Waals surface area contributed by atoms with Crippen molar-refractivity contribution in [2.75, 3.05) is 31.0 Å². The van der Waals surface area contributed by atoms with Crippen molar-refractivity contribution in [2.45, 2.75) is 241 Å². The number of carbonyl (C=O) groups is 6. The van der Waals surface area contributed by atoms with E-state index in [9.17, 15) is 95.2 Å². The Bertz CT molecular complexity index is 4380. The summed E-state index contributed by atoms with van der Waals surface area (Å²) in [6.45, 7) is 19.2. The van der Waals surface area contributed by atoms with Gasteiger partial charge in [-0.15, -0.1) is 11.8 Å². The molecular formula is C84H107Ac6IO25S2. The molecule has 6 radical (unpaired) electrons. The molecule has 3 aromatic carbocycles. The average Bonchev–Trinajstić information content (AvgIpc) is 0.684. The number of benzene rings is 3. The Morgan fingerprint density at radius 3 is 1.04 bits per heavy atom. The summed E-state index contributed by atoms with van der Waals surface area (Å²) in [6, 6.07) is 24.7. The van der Waals surface area contributed by atoms with Crippen LogP contribution in [0.4, 0.5) is 0 Å². The van der Waals surface area contributed by atoms with E-state index in [0.717, 1.165) is 0 Å². The number of thioether (sulfide) groups is 1. The second-order valence-corrected chi connectivity index (χ2v) is 36.9. The van der Waals surface area contributed by atoms with Gasteiger partial charge in [0.05, 0.1) is 88.9 Å². The quantitative estimate of drug-likeness (QED) is 0.0344. The summed E-state index contributed by atoms with van der Waals surface area (Å²) in [6.07, 6.45) is -14.5. The smallest absolute Gasteiger partial charge is 0.338 e. The van der Waals surface area contributed by atoms with E-state index in [1.54, 1.807) is 173 Å². The fourth-order valence-corrected chi connectivity index (χ4v) is 23.3. The van der Waals surface area contributed by atoms with Crippen molar-refractivity contribution in [3.63, 3.8) is 0 Å². The largest absolute Gasteiger partial charge is 0.455 e. The molecule has 15 rings (SSSR count).